The van der Waals surface area contributed by atoms with Crippen molar-refractivity contribution in [2.24, 2.45) is 12.5 Å². The molecule has 0 aromatic carbocycles. The molecule has 1 aromatic rings. The van der Waals surface area contributed by atoms with Crippen molar-refractivity contribution >= 4 is 5.78 Å². The van der Waals surface area contributed by atoms with Crippen molar-refractivity contribution in [2.45, 2.75) is 51.6 Å². The minimum absolute atomic E-state index is 0.171. The number of carbonyl (C=O) groups is 1. The zero-order valence-corrected chi connectivity index (χ0v) is 12.4. The fourth-order valence-electron chi connectivity index (χ4n) is 2.81. The van der Waals surface area contributed by atoms with E-state index in [0.717, 1.165) is 31.4 Å². The molecule has 1 aliphatic carbocycles. The second-order valence-electron chi connectivity index (χ2n) is 6.44. The Hall–Kier alpha value is -1.16. The van der Waals surface area contributed by atoms with Crippen LogP contribution in [0.5, 0.6) is 0 Å². The maximum atomic E-state index is 12.6. The van der Waals surface area contributed by atoms with Gasteiger partial charge in [-0.1, -0.05) is 13.8 Å². The van der Waals surface area contributed by atoms with Crippen molar-refractivity contribution in [3.05, 3.63) is 18.0 Å². The van der Waals surface area contributed by atoms with Crippen LogP contribution >= 0.6 is 0 Å². The van der Waals surface area contributed by atoms with Gasteiger partial charge in [-0.25, -0.2) is 0 Å². The summed E-state index contributed by atoms with van der Waals surface area (Å²) in [5.74, 6) is 0.171. The Labute approximate surface area is 115 Å². The molecule has 0 unspecified atom stereocenters. The number of methoxy groups -OCH3 is 1. The summed E-state index contributed by atoms with van der Waals surface area (Å²) in [7, 11) is 3.53. The quantitative estimate of drug-likeness (QED) is 0.839. The average molecular weight is 264 g/mol. The van der Waals surface area contributed by atoms with Gasteiger partial charge in [-0.05, 0) is 37.2 Å². The summed E-state index contributed by atoms with van der Waals surface area (Å²) in [6, 6.07) is 1.90. The molecule has 0 bridgehead atoms. The van der Waals surface area contributed by atoms with Gasteiger partial charge in [0.05, 0.1) is 12.1 Å². The Bertz CT molecular complexity index is 452. The number of ketones is 1. The third kappa shape index (κ3) is 3.06. The number of carbonyl (C=O) groups excluding carboxylic acids is 1. The van der Waals surface area contributed by atoms with Crippen LogP contribution in [-0.2, 0) is 23.0 Å². The van der Waals surface area contributed by atoms with E-state index in [1.807, 2.05) is 19.3 Å². The third-order valence-electron chi connectivity index (χ3n) is 4.42. The lowest BCUT2D eigenvalue weighted by Gasteiger charge is -2.41. The molecule has 1 aromatic heterocycles. The molecular weight excluding hydrogens is 240 g/mol. The molecule has 0 radical (unpaired) electrons. The summed E-state index contributed by atoms with van der Waals surface area (Å²) in [5.41, 5.74) is 0.564. The lowest BCUT2D eigenvalue weighted by atomic mass is 9.69. The highest BCUT2D eigenvalue weighted by molar-refractivity contribution is 5.89. The van der Waals surface area contributed by atoms with Crippen LogP contribution in [0.15, 0.2) is 12.3 Å². The molecule has 2 rings (SSSR count). The standard InChI is InChI=1S/C15H24N2O2/c1-14(2)6-8-15(19-4,9-7-14)13(18)11-12-5-10-17(3)16-12/h5,10H,6-9,11H2,1-4H3. The largest absolute Gasteiger partial charge is 0.370 e. The summed E-state index contributed by atoms with van der Waals surface area (Å²) in [4.78, 5) is 12.6. The van der Waals surface area contributed by atoms with E-state index in [-0.39, 0.29) is 5.78 Å². The summed E-state index contributed by atoms with van der Waals surface area (Å²) in [6.07, 6.45) is 5.95. The van der Waals surface area contributed by atoms with Gasteiger partial charge in [-0.15, -0.1) is 0 Å². The molecule has 19 heavy (non-hydrogen) atoms. The zero-order chi connectivity index (χ0) is 14.1. The fraction of sp³-hybridized carbons (Fsp3) is 0.733. The summed E-state index contributed by atoms with van der Waals surface area (Å²) >= 11 is 0. The van der Waals surface area contributed by atoms with Crippen LogP contribution in [0.2, 0.25) is 0 Å². The molecule has 0 atom stereocenters. The summed E-state index contributed by atoms with van der Waals surface area (Å²) in [5, 5.41) is 4.28. The number of hydrogen-bond acceptors (Lipinski definition) is 3. The van der Waals surface area contributed by atoms with E-state index in [1.165, 1.54) is 0 Å². The first-order valence-corrected chi connectivity index (χ1v) is 6.94. The van der Waals surface area contributed by atoms with Crippen LogP contribution in [0.4, 0.5) is 0 Å². The van der Waals surface area contributed by atoms with Crippen molar-refractivity contribution in [1.82, 2.24) is 9.78 Å². The van der Waals surface area contributed by atoms with E-state index in [2.05, 4.69) is 18.9 Å². The summed E-state index contributed by atoms with van der Waals surface area (Å²) in [6.45, 7) is 4.52. The lowest BCUT2D eigenvalue weighted by Crippen LogP contribution is -2.46. The van der Waals surface area contributed by atoms with Gasteiger partial charge >= 0.3 is 0 Å². The minimum atomic E-state index is -0.590. The maximum Gasteiger partial charge on any atom is 0.170 e. The first-order chi connectivity index (χ1) is 8.87. The second-order valence-corrected chi connectivity index (χ2v) is 6.44. The molecule has 0 spiro atoms. The molecule has 0 saturated heterocycles. The Kier molecular flexibility index (Phi) is 3.81. The average Bonchev–Trinajstić information content (AvgIpc) is 2.75. The monoisotopic (exact) mass is 264 g/mol. The van der Waals surface area contributed by atoms with Gasteiger partial charge in [-0.3, -0.25) is 9.48 Å². The van der Waals surface area contributed by atoms with Crippen molar-refractivity contribution in [2.75, 3.05) is 7.11 Å². The minimum Gasteiger partial charge on any atom is -0.370 e. The van der Waals surface area contributed by atoms with E-state index < -0.39 is 5.60 Å². The van der Waals surface area contributed by atoms with E-state index in [1.54, 1.807) is 11.8 Å². The molecule has 1 saturated carbocycles. The van der Waals surface area contributed by atoms with Gasteiger partial charge in [0.25, 0.3) is 0 Å². The normalized spacial score (nSPS) is 21.3. The SMILES string of the molecule is COC1(C(=O)Cc2ccn(C)n2)CCC(C)(C)CC1. The number of nitrogens with zero attached hydrogens (tertiary/aromatic N) is 2. The van der Waals surface area contributed by atoms with Crippen molar-refractivity contribution < 1.29 is 9.53 Å². The van der Waals surface area contributed by atoms with Crippen LogP contribution in [0, 0.1) is 5.41 Å². The van der Waals surface area contributed by atoms with Gasteiger partial charge in [0, 0.05) is 20.4 Å². The van der Waals surface area contributed by atoms with Crippen molar-refractivity contribution in [3.63, 3.8) is 0 Å². The van der Waals surface area contributed by atoms with Gasteiger partial charge in [0.15, 0.2) is 5.78 Å². The predicted molar refractivity (Wildman–Crippen MR) is 73.9 cm³/mol. The van der Waals surface area contributed by atoms with Crippen LogP contribution in [0.1, 0.15) is 45.2 Å². The Morgan fingerprint density at radius 1 is 1.37 bits per heavy atom. The number of Topliss-reactive ketones (excluding diaryl/α,β-unsaturated/α-hetero) is 1. The molecule has 1 fully saturated rings. The number of hydrogen-bond donors (Lipinski definition) is 0. The lowest BCUT2D eigenvalue weighted by molar-refractivity contribution is -0.147. The van der Waals surface area contributed by atoms with Crippen LogP contribution in [-0.4, -0.2) is 28.3 Å². The van der Waals surface area contributed by atoms with E-state index in [0.29, 0.717) is 11.8 Å². The first kappa shape index (κ1) is 14.3. The first-order valence-electron chi connectivity index (χ1n) is 6.94. The van der Waals surface area contributed by atoms with Gasteiger partial charge in [0.1, 0.15) is 5.60 Å². The highest BCUT2D eigenvalue weighted by Crippen LogP contribution is 2.42. The molecule has 4 heteroatoms. The zero-order valence-electron chi connectivity index (χ0n) is 12.4. The predicted octanol–water partition coefficient (Wildman–Crippen LogP) is 2.52. The number of aryl methyl sites for hydroxylation is 1. The molecule has 106 valence electrons. The third-order valence-corrected chi connectivity index (χ3v) is 4.42. The highest BCUT2D eigenvalue weighted by atomic mass is 16.5. The van der Waals surface area contributed by atoms with E-state index in [4.69, 9.17) is 4.74 Å². The highest BCUT2D eigenvalue weighted by Gasteiger charge is 2.43. The number of rotatable bonds is 4. The van der Waals surface area contributed by atoms with Gasteiger partial charge < -0.3 is 4.74 Å². The molecule has 4 nitrogen and oxygen atoms in total. The number of ether oxygens (including phenoxy) is 1. The van der Waals surface area contributed by atoms with Gasteiger partial charge in [0.2, 0.25) is 0 Å². The second kappa shape index (κ2) is 5.08. The van der Waals surface area contributed by atoms with Crippen LogP contribution in [0.25, 0.3) is 0 Å². The van der Waals surface area contributed by atoms with Crippen LogP contribution < -0.4 is 0 Å². The van der Waals surface area contributed by atoms with Crippen molar-refractivity contribution in [1.29, 1.82) is 0 Å². The number of aromatic nitrogens is 2. The van der Waals surface area contributed by atoms with Crippen molar-refractivity contribution in [3.8, 4) is 0 Å². The Morgan fingerprint density at radius 2 is 2.00 bits per heavy atom. The molecule has 0 aliphatic heterocycles. The molecule has 1 aliphatic rings. The maximum absolute atomic E-state index is 12.6. The van der Waals surface area contributed by atoms with E-state index in [9.17, 15) is 4.79 Å². The Morgan fingerprint density at radius 3 is 2.47 bits per heavy atom. The topological polar surface area (TPSA) is 44.1 Å². The smallest absolute Gasteiger partial charge is 0.170 e. The molecule has 0 amide bonds. The van der Waals surface area contributed by atoms with Gasteiger partial charge in [-0.2, -0.15) is 5.10 Å². The fourth-order valence-corrected chi connectivity index (χ4v) is 2.81. The molecular formula is C15H24N2O2. The van der Waals surface area contributed by atoms with E-state index >= 15 is 0 Å². The molecule has 1 heterocycles. The van der Waals surface area contributed by atoms with Crippen LogP contribution in [0.3, 0.4) is 0 Å². The summed E-state index contributed by atoms with van der Waals surface area (Å²) < 4.78 is 7.36. The Balaban J connectivity index is 2.07. The molecule has 0 N–H and O–H groups in total.